The monoisotopic (exact) mass is 365 g/mol. The van der Waals surface area contributed by atoms with Gasteiger partial charge in [0.25, 0.3) is 0 Å². The molecule has 0 aliphatic carbocycles. The molecule has 0 saturated carbocycles. The SMILES string of the molecule is O=C(CCn1c(=O)oc2ccccc21)Nc1cccc(N2CCCCC2)c1. The van der Waals surface area contributed by atoms with Crippen LogP contribution in [0.4, 0.5) is 11.4 Å². The number of anilines is 2. The quantitative estimate of drug-likeness (QED) is 0.750. The van der Waals surface area contributed by atoms with E-state index in [0.717, 1.165) is 24.5 Å². The highest BCUT2D eigenvalue weighted by Crippen LogP contribution is 2.23. The Balaban J connectivity index is 1.41. The molecule has 1 saturated heterocycles. The minimum atomic E-state index is -0.434. The summed E-state index contributed by atoms with van der Waals surface area (Å²) in [6, 6.07) is 15.2. The summed E-state index contributed by atoms with van der Waals surface area (Å²) >= 11 is 0. The molecule has 6 heteroatoms. The highest BCUT2D eigenvalue weighted by molar-refractivity contribution is 5.91. The van der Waals surface area contributed by atoms with E-state index in [4.69, 9.17) is 4.42 Å². The molecule has 0 bridgehead atoms. The molecular formula is C21H23N3O3. The van der Waals surface area contributed by atoms with Crippen molar-refractivity contribution in [3.05, 3.63) is 59.1 Å². The van der Waals surface area contributed by atoms with Crippen LogP contribution in [0.25, 0.3) is 11.1 Å². The van der Waals surface area contributed by atoms with E-state index >= 15 is 0 Å². The summed E-state index contributed by atoms with van der Waals surface area (Å²) in [5.41, 5.74) is 3.18. The lowest BCUT2D eigenvalue weighted by atomic mass is 10.1. The standard InChI is InChI=1S/C21H23N3O3/c25-20(11-14-24-18-9-2-3-10-19(18)27-21(24)26)22-16-7-6-8-17(15-16)23-12-4-1-5-13-23/h2-3,6-10,15H,1,4-5,11-14H2,(H,22,25). The number of fused-ring (bicyclic) bond motifs is 1. The molecule has 140 valence electrons. The molecule has 0 atom stereocenters. The van der Waals surface area contributed by atoms with Crippen LogP contribution in [0, 0.1) is 0 Å². The Hall–Kier alpha value is -3.02. The van der Waals surface area contributed by atoms with Crippen LogP contribution in [0.15, 0.2) is 57.7 Å². The van der Waals surface area contributed by atoms with Crippen LogP contribution in [0.3, 0.4) is 0 Å². The zero-order chi connectivity index (χ0) is 18.6. The average Bonchev–Trinajstić information content (AvgIpc) is 3.02. The van der Waals surface area contributed by atoms with Gasteiger partial charge in [0, 0.05) is 37.4 Å². The molecule has 27 heavy (non-hydrogen) atoms. The molecular weight excluding hydrogens is 342 g/mol. The normalized spacial score (nSPS) is 14.4. The number of nitrogens with zero attached hydrogens (tertiary/aromatic N) is 2. The first-order valence-electron chi connectivity index (χ1n) is 9.44. The second-order valence-corrected chi connectivity index (χ2v) is 6.88. The van der Waals surface area contributed by atoms with Gasteiger partial charge in [0.15, 0.2) is 5.58 Å². The molecule has 1 aromatic heterocycles. The fourth-order valence-corrected chi connectivity index (χ4v) is 3.60. The number of rotatable bonds is 5. The summed E-state index contributed by atoms with van der Waals surface area (Å²) in [6.07, 6.45) is 3.92. The van der Waals surface area contributed by atoms with Gasteiger partial charge in [0.2, 0.25) is 5.91 Å². The van der Waals surface area contributed by atoms with Gasteiger partial charge >= 0.3 is 5.76 Å². The van der Waals surface area contributed by atoms with Crippen LogP contribution >= 0.6 is 0 Å². The van der Waals surface area contributed by atoms with E-state index < -0.39 is 5.76 Å². The fraction of sp³-hybridized carbons (Fsp3) is 0.333. The van der Waals surface area contributed by atoms with Crippen molar-refractivity contribution in [3.8, 4) is 0 Å². The first-order chi connectivity index (χ1) is 13.2. The Morgan fingerprint density at radius 1 is 1.04 bits per heavy atom. The van der Waals surface area contributed by atoms with Gasteiger partial charge in [-0.1, -0.05) is 18.2 Å². The van der Waals surface area contributed by atoms with Crippen molar-refractivity contribution in [3.63, 3.8) is 0 Å². The van der Waals surface area contributed by atoms with Crippen molar-refractivity contribution in [2.75, 3.05) is 23.3 Å². The molecule has 0 radical (unpaired) electrons. The molecule has 3 aromatic rings. The Bertz CT molecular complexity index is 999. The molecule has 6 nitrogen and oxygen atoms in total. The van der Waals surface area contributed by atoms with Crippen molar-refractivity contribution in [2.24, 2.45) is 0 Å². The fourth-order valence-electron chi connectivity index (χ4n) is 3.60. The van der Waals surface area contributed by atoms with Gasteiger partial charge in [0.05, 0.1) is 5.52 Å². The summed E-state index contributed by atoms with van der Waals surface area (Å²) in [7, 11) is 0. The Kier molecular flexibility index (Phi) is 4.96. The molecule has 1 N–H and O–H groups in total. The molecule has 1 amide bonds. The van der Waals surface area contributed by atoms with E-state index in [1.807, 2.05) is 36.4 Å². The Morgan fingerprint density at radius 3 is 2.70 bits per heavy atom. The van der Waals surface area contributed by atoms with Crippen LogP contribution in [-0.4, -0.2) is 23.6 Å². The van der Waals surface area contributed by atoms with Crippen LogP contribution < -0.4 is 16.0 Å². The third-order valence-corrected chi connectivity index (χ3v) is 4.99. The molecule has 1 aliphatic rings. The smallest absolute Gasteiger partial charge is 0.408 e. The number of carbonyl (C=O) groups is 1. The van der Waals surface area contributed by atoms with Crippen molar-refractivity contribution < 1.29 is 9.21 Å². The lowest BCUT2D eigenvalue weighted by molar-refractivity contribution is -0.116. The van der Waals surface area contributed by atoms with E-state index in [2.05, 4.69) is 16.3 Å². The second-order valence-electron chi connectivity index (χ2n) is 6.88. The van der Waals surface area contributed by atoms with Crippen molar-refractivity contribution in [2.45, 2.75) is 32.2 Å². The second kappa shape index (κ2) is 7.70. The van der Waals surface area contributed by atoms with Gasteiger partial charge in [-0.25, -0.2) is 4.79 Å². The van der Waals surface area contributed by atoms with Gasteiger partial charge in [-0.05, 0) is 49.6 Å². The zero-order valence-electron chi connectivity index (χ0n) is 15.2. The Morgan fingerprint density at radius 2 is 1.85 bits per heavy atom. The molecule has 2 heterocycles. The Labute approximate surface area is 157 Å². The summed E-state index contributed by atoms with van der Waals surface area (Å²) < 4.78 is 6.70. The van der Waals surface area contributed by atoms with E-state index in [1.165, 1.54) is 23.8 Å². The molecule has 2 aromatic carbocycles. The minimum Gasteiger partial charge on any atom is -0.408 e. The van der Waals surface area contributed by atoms with E-state index in [0.29, 0.717) is 11.1 Å². The number of hydrogen-bond donors (Lipinski definition) is 1. The van der Waals surface area contributed by atoms with Crippen LogP contribution in [-0.2, 0) is 11.3 Å². The van der Waals surface area contributed by atoms with Crippen molar-refractivity contribution in [1.29, 1.82) is 0 Å². The number of piperidine rings is 1. The highest BCUT2D eigenvalue weighted by atomic mass is 16.4. The van der Waals surface area contributed by atoms with Gasteiger partial charge in [-0.3, -0.25) is 9.36 Å². The van der Waals surface area contributed by atoms with Gasteiger partial charge in [0.1, 0.15) is 0 Å². The van der Waals surface area contributed by atoms with Gasteiger partial charge in [-0.15, -0.1) is 0 Å². The molecule has 1 fully saturated rings. The number of amides is 1. The molecule has 0 unspecified atom stereocenters. The topological polar surface area (TPSA) is 67.5 Å². The maximum Gasteiger partial charge on any atom is 0.419 e. The predicted molar refractivity (Wildman–Crippen MR) is 106 cm³/mol. The van der Waals surface area contributed by atoms with Crippen LogP contribution in [0.1, 0.15) is 25.7 Å². The van der Waals surface area contributed by atoms with Crippen LogP contribution in [0.5, 0.6) is 0 Å². The first kappa shape index (κ1) is 17.4. The highest BCUT2D eigenvalue weighted by Gasteiger charge is 2.13. The number of aromatic nitrogens is 1. The van der Waals surface area contributed by atoms with Crippen molar-refractivity contribution in [1.82, 2.24) is 4.57 Å². The predicted octanol–water partition coefficient (Wildman–Crippen LogP) is 3.61. The lowest BCUT2D eigenvalue weighted by Gasteiger charge is -2.29. The van der Waals surface area contributed by atoms with Gasteiger partial charge in [-0.2, -0.15) is 0 Å². The van der Waals surface area contributed by atoms with Gasteiger partial charge < -0.3 is 14.6 Å². The lowest BCUT2D eigenvalue weighted by Crippen LogP contribution is -2.29. The average molecular weight is 365 g/mol. The zero-order valence-corrected chi connectivity index (χ0v) is 15.2. The molecule has 4 rings (SSSR count). The summed E-state index contributed by atoms with van der Waals surface area (Å²) in [6.45, 7) is 2.41. The maximum absolute atomic E-state index is 12.4. The third kappa shape index (κ3) is 3.89. The number of hydrogen-bond acceptors (Lipinski definition) is 4. The largest absolute Gasteiger partial charge is 0.419 e. The van der Waals surface area contributed by atoms with E-state index in [-0.39, 0.29) is 18.9 Å². The number of benzene rings is 2. The first-order valence-corrected chi connectivity index (χ1v) is 9.44. The number of carbonyl (C=O) groups excluding carboxylic acids is 1. The number of para-hydroxylation sites is 2. The van der Waals surface area contributed by atoms with Crippen molar-refractivity contribution >= 4 is 28.4 Å². The van der Waals surface area contributed by atoms with E-state index in [1.54, 1.807) is 6.07 Å². The third-order valence-electron chi connectivity index (χ3n) is 4.99. The maximum atomic E-state index is 12.4. The molecule has 1 aliphatic heterocycles. The summed E-state index contributed by atoms with van der Waals surface area (Å²) in [5.74, 6) is -0.556. The van der Waals surface area contributed by atoms with Crippen LogP contribution in [0.2, 0.25) is 0 Å². The summed E-state index contributed by atoms with van der Waals surface area (Å²) in [4.78, 5) is 26.7. The minimum absolute atomic E-state index is 0.122. The summed E-state index contributed by atoms with van der Waals surface area (Å²) in [5, 5.41) is 2.94. The number of nitrogens with one attached hydrogen (secondary N) is 1. The number of oxazole rings is 1. The molecule has 0 spiro atoms. The van der Waals surface area contributed by atoms with E-state index in [9.17, 15) is 9.59 Å². The number of aryl methyl sites for hydroxylation is 1.